The molecule has 0 aromatic carbocycles. The highest BCUT2D eigenvalue weighted by molar-refractivity contribution is 4.85. The highest BCUT2D eigenvalue weighted by Crippen LogP contribution is 2.16. The summed E-state index contributed by atoms with van der Waals surface area (Å²) in [6.07, 6.45) is 11.1. The van der Waals surface area contributed by atoms with Crippen LogP contribution < -0.4 is 21.5 Å². The Labute approximate surface area is 95.4 Å². The monoisotopic (exact) mass is 255 g/mol. The van der Waals surface area contributed by atoms with Gasteiger partial charge in [0.15, 0.2) is 12.4 Å². The number of nitrogens with zero attached hydrogens (tertiary/aromatic N) is 1. The minimum atomic E-state index is 0. The van der Waals surface area contributed by atoms with E-state index in [0.717, 1.165) is 12.8 Å². The normalized spacial score (nSPS) is 12.9. The molecule has 2 rings (SSSR count). The zero-order chi connectivity index (χ0) is 9.52. The second-order valence-electron chi connectivity index (χ2n) is 2.98. The van der Waals surface area contributed by atoms with Gasteiger partial charge in [-0.2, -0.15) is 4.57 Å². The maximum Gasteiger partial charge on any atom is 0.208 e. The molecular formula is C11H14BrNO. The number of aromatic nitrogens is 1. The van der Waals surface area contributed by atoms with Gasteiger partial charge < -0.3 is 22.1 Å². The Bertz CT molecular complexity index is 277. The molecule has 3 heteroatoms. The lowest BCUT2D eigenvalue weighted by Gasteiger charge is -1.84. The van der Waals surface area contributed by atoms with Crippen LogP contribution in [0.4, 0.5) is 0 Å². The van der Waals surface area contributed by atoms with E-state index in [9.17, 15) is 0 Å². The lowest BCUT2D eigenvalue weighted by atomic mass is 10.5. The Morgan fingerprint density at radius 2 is 1.79 bits per heavy atom. The van der Waals surface area contributed by atoms with E-state index in [1.54, 1.807) is 0 Å². The van der Waals surface area contributed by atoms with E-state index in [4.69, 9.17) is 11.5 Å². The number of rotatable bonds is 1. The summed E-state index contributed by atoms with van der Waals surface area (Å²) in [6.45, 7) is 0.654. The Hall–Kier alpha value is -0.850. The zero-order valence-electron chi connectivity index (χ0n) is 7.94. The van der Waals surface area contributed by atoms with Crippen molar-refractivity contribution < 1.29 is 26.7 Å². The van der Waals surface area contributed by atoms with Crippen molar-refractivity contribution >= 4 is 0 Å². The van der Waals surface area contributed by atoms with Crippen molar-refractivity contribution in [3.63, 3.8) is 0 Å². The van der Waals surface area contributed by atoms with Crippen molar-refractivity contribution in [1.29, 1.82) is 0 Å². The third-order valence-corrected chi connectivity index (χ3v) is 1.60. The third kappa shape index (κ3) is 6.64. The molecule has 76 valence electrons. The first kappa shape index (κ1) is 13.2. The maximum absolute atomic E-state index is 8.17. The van der Waals surface area contributed by atoms with Gasteiger partial charge in [-0.25, -0.2) is 0 Å². The number of hydrogen-bond donors (Lipinski definition) is 1. The first-order valence-electron chi connectivity index (χ1n) is 4.38. The summed E-state index contributed by atoms with van der Waals surface area (Å²) in [7, 11) is 0. The van der Waals surface area contributed by atoms with Gasteiger partial charge in [-0.05, 0) is 18.8 Å². The fraction of sp³-hybridized carbons (Fsp3) is 0.364. The van der Waals surface area contributed by atoms with Gasteiger partial charge in [0.1, 0.15) is 0 Å². The average Bonchev–Trinajstić information content (AvgIpc) is 2.91. The molecule has 0 aliphatic heterocycles. The number of aliphatic hydroxyl groups is 1. The van der Waals surface area contributed by atoms with E-state index < -0.39 is 0 Å². The van der Waals surface area contributed by atoms with E-state index in [-0.39, 0.29) is 23.1 Å². The number of halogens is 1. The molecule has 0 bridgehead atoms. The molecular weight excluding hydrogens is 242 g/mol. The number of terminal acetylenes is 1. The maximum atomic E-state index is 8.17. The van der Waals surface area contributed by atoms with Crippen LogP contribution in [0.1, 0.15) is 12.8 Å². The second kappa shape index (κ2) is 7.54. The molecule has 0 spiro atoms. The molecule has 1 aromatic heterocycles. The van der Waals surface area contributed by atoms with Gasteiger partial charge in [-0.3, -0.25) is 0 Å². The van der Waals surface area contributed by atoms with Crippen LogP contribution in [-0.4, -0.2) is 11.2 Å². The molecule has 2 nitrogen and oxygen atoms in total. The minimum absolute atomic E-state index is 0. The molecule has 14 heavy (non-hydrogen) atoms. The summed E-state index contributed by atoms with van der Waals surface area (Å²) in [6, 6.07) is 5.88. The van der Waals surface area contributed by atoms with Gasteiger partial charge >= 0.3 is 0 Å². The standard InChI is InChI=1S/C8H8N.C3H6O.BrH/c1-2-6-9-7-4-3-5-8-9;4-3-1-2-3;/h1,3-5,7-8H,6H2;3-4H,1-2H2;1H/q+1;;/p-1. The largest absolute Gasteiger partial charge is 1.00 e. The molecule has 1 heterocycles. The third-order valence-electron chi connectivity index (χ3n) is 1.60. The predicted octanol–water partition coefficient (Wildman–Crippen LogP) is -2.25. The predicted molar refractivity (Wildman–Crippen MR) is 50.7 cm³/mol. The smallest absolute Gasteiger partial charge is 0.208 e. The summed E-state index contributed by atoms with van der Waals surface area (Å²) in [5.41, 5.74) is 0. The van der Waals surface area contributed by atoms with E-state index in [1.807, 2.05) is 35.2 Å². The zero-order valence-corrected chi connectivity index (χ0v) is 9.52. The van der Waals surface area contributed by atoms with Crippen LogP contribution in [0.25, 0.3) is 0 Å². The molecule has 0 amide bonds. The molecule has 1 N–H and O–H groups in total. The van der Waals surface area contributed by atoms with Gasteiger partial charge in [0, 0.05) is 12.1 Å². The molecule has 1 aliphatic carbocycles. The second-order valence-corrected chi connectivity index (χ2v) is 2.98. The molecule has 1 aromatic rings. The lowest BCUT2D eigenvalue weighted by molar-refractivity contribution is -0.684. The molecule has 0 saturated heterocycles. The quantitative estimate of drug-likeness (QED) is 0.445. The first-order valence-corrected chi connectivity index (χ1v) is 4.38. The first-order chi connectivity index (χ1) is 6.33. The molecule has 0 radical (unpaired) electrons. The fourth-order valence-electron chi connectivity index (χ4n) is 0.720. The molecule has 1 saturated carbocycles. The van der Waals surface area contributed by atoms with Crippen molar-refractivity contribution in [2.75, 3.05) is 0 Å². The van der Waals surface area contributed by atoms with Crippen LogP contribution in [0.5, 0.6) is 0 Å². The van der Waals surface area contributed by atoms with Crippen molar-refractivity contribution in [3.8, 4) is 12.3 Å². The van der Waals surface area contributed by atoms with E-state index in [2.05, 4.69) is 5.92 Å². The van der Waals surface area contributed by atoms with Crippen molar-refractivity contribution in [3.05, 3.63) is 30.6 Å². The Morgan fingerprint density at radius 3 is 2.14 bits per heavy atom. The Morgan fingerprint density at radius 1 is 1.29 bits per heavy atom. The number of hydrogen-bond acceptors (Lipinski definition) is 1. The molecule has 0 unspecified atom stereocenters. The number of aliphatic hydroxyl groups excluding tert-OH is 1. The molecule has 1 fully saturated rings. The van der Waals surface area contributed by atoms with E-state index in [1.165, 1.54) is 0 Å². The Balaban J connectivity index is 0.000000286. The SMILES string of the molecule is C#CC[n+]1ccccc1.OC1CC1.[Br-]. The van der Waals surface area contributed by atoms with Crippen LogP contribution in [0.2, 0.25) is 0 Å². The highest BCUT2D eigenvalue weighted by atomic mass is 79.9. The summed E-state index contributed by atoms with van der Waals surface area (Å²) >= 11 is 0. The molecule has 1 aliphatic rings. The van der Waals surface area contributed by atoms with Crippen LogP contribution in [0, 0.1) is 12.3 Å². The molecule has 0 atom stereocenters. The van der Waals surface area contributed by atoms with Crippen molar-refractivity contribution in [1.82, 2.24) is 0 Å². The van der Waals surface area contributed by atoms with Gasteiger partial charge in [0.05, 0.1) is 6.10 Å². The van der Waals surface area contributed by atoms with Gasteiger partial charge in [0.2, 0.25) is 6.54 Å². The van der Waals surface area contributed by atoms with E-state index in [0.29, 0.717) is 6.54 Å². The van der Waals surface area contributed by atoms with Crippen LogP contribution in [0.15, 0.2) is 30.6 Å². The summed E-state index contributed by atoms with van der Waals surface area (Å²) in [5.74, 6) is 2.55. The van der Waals surface area contributed by atoms with E-state index >= 15 is 0 Å². The van der Waals surface area contributed by atoms with Gasteiger partial charge in [-0.1, -0.05) is 6.07 Å². The highest BCUT2D eigenvalue weighted by Gasteiger charge is 2.15. The van der Waals surface area contributed by atoms with Crippen LogP contribution >= 0.6 is 0 Å². The number of pyridine rings is 1. The fourth-order valence-corrected chi connectivity index (χ4v) is 0.720. The van der Waals surface area contributed by atoms with Crippen molar-refractivity contribution in [2.24, 2.45) is 0 Å². The average molecular weight is 256 g/mol. The minimum Gasteiger partial charge on any atom is -1.00 e. The topological polar surface area (TPSA) is 24.1 Å². The summed E-state index contributed by atoms with van der Waals surface area (Å²) < 4.78 is 1.94. The summed E-state index contributed by atoms with van der Waals surface area (Å²) in [4.78, 5) is 0. The Kier molecular flexibility index (Phi) is 7.09. The lowest BCUT2D eigenvalue weighted by Crippen LogP contribution is -3.00. The summed E-state index contributed by atoms with van der Waals surface area (Å²) in [5, 5.41) is 8.17. The van der Waals surface area contributed by atoms with Crippen LogP contribution in [0.3, 0.4) is 0 Å². The van der Waals surface area contributed by atoms with Gasteiger partial charge in [0.25, 0.3) is 0 Å². The van der Waals surface area contributed by atoms with Gasteiger partial charge in [-0.15, -0.1) is 6.42 Å². The van der Waals surface area contributed by atoms with Crippen molar-refractivity contribution in [2.45, 2.75) is 25.5 Å². The van der Waals surface area contributed by atoms with Crippen LogP contribution in [-0.2, 0) is 6.54 Å².